The van der Waals surface area contributed by atoms with Gasteiger partial charge in [-0.1, -0.05) is 0 Å². The van der Waals surface area contributed by atoms with E-state index in [0.29, 0.717) is 43.6 Å². The number of hydrogen-bond donors (Lipinski definition) is 0. The molecule has 1 aromatic heterocycles. The predicted octanol–water partition coefficient (Wildman–Crippen LogP) is 5.85. The number of carbonyl (C=O) groups is 1. The first-order valence-electron chi connectivity index (χ1n) is 12.5. The Bertz CT molecular complexity index is 1420. The molecule has 198 valence electrons. The highest BCUT2D eigenvalue weighted by Crippen LogP contribution is 2.42. The Morgan fingerprint density at radius 2 is 1.89 bits per heavy atom. The van der Waals surface area contributed by atoms with E-state index in [-0.39, 0.29) is 23.4 Å². The molecule has 3 heterocycles. The fourth-order valence-corrected chi connectivity index (χ4v) is 4.93. The number of likely N-dealkylation sites (tertiary alicyclic amines) is 1. The minimum Gasteiger partial charge on any atom is -0.453 e. The third kappa shape index (κ3) is 5.24. The van der Waals surface area contributed by atoms with Crippen molar-refractivity contribution in [2.24, 2.45) is 0 Å². The van der Waals surface area contributed by atoms with E-state index in [1.165, 1.54) is 0 Å². The van der Waals surface area contributed by atoms with Gasteiger partial charge >= 0.3 is 6.09 Å². The number of halogens is 2. The summed E-state index contributed by atoms with van der Waals surface area (Å²) in [5.41, 5.74) is 0.529. The molecule has 0 radical (unpaired) electrons. The van der Waals surface area contributed by atoms with Crippen molar-refractivity contribution in [1.82, 2.24) is 14.9 Å². The summed E-state index contributed by atoms with van der Waals surface area (Å²) in [6.45, 7) is 7.17. The standard InChI is InChI=1S/C28H28F2N4O4/c1-27(2,3)38-26(35)34-10-8-28(9-11-34)13-17(16-36-28)24-15-32-22-7-4-18(12-23(22)33-24)37-25-19(14-31)20(29)5-6-21(25)30/h4-7,12,15,17H,8-11,13,16H2,1-3H3. The molecule has 3 aromatic rings. The van der Waals surface area contributed by atoms with E-state index in [4.69, 9.17) is 19.2 Å². The topological polar surface area (TPSA) is 97.6 Å². The summed E-state index contributed by atoms with van der Waals surface area (Å²) in [5.74, 6) is -1.94. The first-order chi connectivity index (χ1) is 18.1. The molecule has 0 N–H and O–H groups in total. The number of carbonyl (C=O) groups excluding carboxylic acids is 1. The molecule has 10 heteroatoms. The average Bonchev–Trinajstić information content (AvgIpc) is 3.28. The molecule has 1 atom stereocenters. The highest BCUT2D eigenvalue weighted by molar-refractivity contribution is 5.76. The van der Waals surface area contributed by atoms with Gasteiger partial charge in [0, 0.05) is 31.3 Å². The molecule has 2 aliphatic heterocycles. The largest absolute Gasteiger partial charge is 0.453 e. The SMILES string of the molecule is CC(C)(C)OC(=O)N1CCC2(CC1)CC(c1cnc3ccc(Oc4c(F)ccc(F)c4C#N)cc3n1)CO2. The van der Waals surface area contributed by atoms with Gasteiger partial charge in [-0.3, -0.25) is 4.98 Å². The zero-order valence-electron chi connectivity index (χ0n) is 21.5. The van der Waals surface area contributed by atoms with Crippen LogP contribution >= 0.6 is 0 Å². The maximum Gasteiger partial charge on any atom is 0.410 e. The van der Waals surface area contributed by atoms with Crippen molar-refractivity contribution in [1.29, 1.82) is 5.26 Å². The Labute approximate surface area is 219 Å². The van der Waals surface area contributed by atoms with Crippen molar-refractivity contribution in [3.8, 4) is 17.6 Å². The number of hydrogen-bond acceptors (Lipinski definition) is 7. The van der Waals surface area contributed by atoms with E-state index in [1.54, 1.807) is 35.4 Å². The van der Waals surface area contributed by atoms with Crippen LogP contribution in [0.5, 0.6) is 11.5 Å². The van der Waals surface area contributed by atoms with Gasteiger partial charge in [0.15, 0.2) is 11.6 Å². The molecule has 0 saturated carbocycles. The third-order valence-electron chi connectivity index (χ3n) is 6.88. The van der Waals surface area contributed by atoms with Gasteiger partial charge in [-0.15, -0.1) is 0 Å². The van der Waals surface area contributed by atoms with Crippen LogP contribution < -0.4 is 4.74 Å². The molecule has 1 amide bonds. The lowest BCUT2D eigenvalue weighted by Crippen LogP contribution is -2.47. The van der Waals surface area contributed by atoms with Crippen LogP contribution in [0.4, 0.5) is 13.6 Å². The number of nitrogens with zero attached hydrogens (tertiary/aromatic N) is 4. The van der Waals surface area contributed by atoms with Gasteiger partial charge in [-0.2, -0.15) is 5.26 Å². The quantitative estimate of drug-likeness (QED) is 0.426. The van der Waals surface area contributed by atoms with Crippen molar-refractivity contribution >= 4 is 17.1 Å². The highest BCUT2D eigenvalue weighted by atomic mass is 19.1. The molecule has 2 saturated heterocycles. The molecule has 0 bridgehead atoms. The number of nitriles is 1. The van der Waals surface area contributed by atoms with Crippen molar-refractivity contribution < 1.29 is 27.8 Å². The first-order valence-corrected chi connectivity index (χ1v) is 12.5. The minimum atomic E-state index is -0.862. The van der Waals surface area contributed by atoms with Crippen LogP contribution in [-0.2, 0) is 9.47 Å². The summed E-state index contributed by atoms with van der Waals surface area (Å²) < 4.78 is 45.6. The first kappa shape index (κ1) is 25.8. The van der Waals surface area contributed by atoms with E-state index in [0.717, 1.165) is 24.2 Å². The maximum atomic E-state index is 14.3. The Balaban J connectivity index is 1.30. The van der Waals surface area contributed by atoms with Crippen LogP contribution in [0, 0.1) is 23.0 Å². The number of piperidine rings is 1. The number of ether oxygens (including phenoxy) is 3. The van der Waals surface area contributed by atoms with Crippen LogP contribution in [0.3, 0.4) is 0 Å². The van der Waals surface area contributed by atoms with Crippen molar-refractivity contribution in [2.45, 2.75) is 57.2 Å². The second kappa shape index (κ2) is 9.80. The number of fused-ring (bicyclic) bond motifs is 1. The van der Waals surface area contributed by atoms with Crippen molar-refractivity contribution in [3.63, 3.8) is 0 Å². The summed E-state index contributed by atoms with van der Waals surface area (Å²) >= 11 is 0. The van der Waals surface area contributed by atoms with Crippen LogP contribution in [0.15, 0.2) is 36.5 Å². The monoisotopic (exact) mass is 522 g/mol. The fourth-order valence-electron chi connectivity index (χ4n) is 4.93. The van der Waals surface area contributed by atoms with Gasteiger partial charge in [0.25, 0.3) is 0 Å². The van der Waals surface area contributed by atoms with E-state index < -0.39 is 28.5 Å². The average molecular weight is 523 g/mol. The van der Waals surface area contributed by atoms with Gasteiger partial charge in [0.1, 0.15) is 28.8 Å². The molecular formula is C28H28F2N4O4. The Morgan fingerprint density at radius 1 is 1.16 bits per heavy atom. The number of benzene rings is 2. The molecule has 0 aliphatic carbocycles. The fraction of sp³-hybridized carbons (Fsp3) is 0.429. The molecule has 5 rings (SSSR count). The van der Waals surface area contributed by atoms with Crippen molar-refractivity contribution in [3.05, 3.63) is 59.4 Å². The number of aromatic nitrogens is 2. The lowest BCUT2D eigenvalue weighted by Gasteiger charge is -2.39. The Morgan fingerprint density at radius 3 is 2.61 bits per heavy atom. The van der Waals surface area contributed by atoms with Gasteiger partial charge in [-0.25, -0.2) is 18.6 Å². The Kier molecular flexibility index (Phi) is 6.65. The van der Waals surface area contributed by atoms with Gasteiger partial charge in [0.05, 0.1) is 28.9 Å². The second-order valence-corrected chi connectivity index (χ2v) is 10.8. The lowest BCUT2D eigenvalue weighted by molar-refractivity contribution is -0.0485. The van der Waals surface area contributed by atoms with Crippen LogP contribution in [-0.4, -0.2) is 51.9 Å². The number of amides is 1. The van der Waals surface area contributed by atoms with Crippen LogP contribution in [0.2, 0.25) is 0 Å². The van der Waals surface area contributed by atoms with Crippen LogP contribution in [0.1, 0.15) is 57.2 Å². The minimum absolute atomic E-state index is 0.0235. The Hall–Kier alpha value is -3.84. The summed E-state index contributed by atoms with van der Waals surface area (Å²) in [7, 11) is 0. The molecule has 1 spiro atoms. The molecule has 2 aromatic carbocycles. The molecule has 1 unspecified atom stereocenters. The van der Waals surface area contributed by atoms with E-state index in [2.05, 4.69) is 4.98 Å². The molecular weight excluding hydrogens is 494 g/mol. The molecule has 2 aliphatic rings. The van der Waals surface area contributed by atoms with Gasteiger partial charge < -0.3 is 19.1 Å². The van der Waals surface area contributed by atoms with Crippen molar-refractivity contribution in [2.75, 3.05) is 19.7 Å². The highest BCUT2D eigenvalue weighted by Gasteiger charge is 2.44. The predicted molar refractivity (Wildman–Crippen MR) is 134 cm³/mol. The summed E-state index contributed by atoms with van der Waals surface area (Å²) in [6.07, 6.45) is 3.60. The van der Waals surface area contributed by atoms with E-state index in [9.17, 15) is 18.8 Å². The smallest absolute Gasteiger partial charge is 0.410 e. The zero-order valence-corrected chi connectivity index (χ0v) is 21.5. The lowest BCUT2D eigenvalue weighted by atomic mass is 9.84. The zero-order chi connectivity index (χ0) is 27.1. The maximum absolute atomic E-state index is 14.3. The summed E-state index contributed by atoms with van der Waals surface area (Å²) in [4.78, 5) is 23.4. The normalized spacial score (nSPS) is 18.9. The van der Waals surface area contributed by atoms with Gasteiger partial charge in [0.2, 0.25) is 0 Å². The number of rotatable bonds is 3. The van der Waals surface area contributed by atoms with Crippen LogP contribution in [0.25, 0.3) is 11.0 Å². The second-order valence-electron chi connectivity index (χ2n) is 10.8. The third-order valence-corrected chi connectivity index (χ3v) is 6.88. The molecule has 2 fully saturated rings. The van der Waals surface area contributed by atoms with E-state index in [1.807, 2.05) is 20.8 Å². The van der Waals surface area contributed by atoms with E-state index >= 15 is 0 Å². The summed E-state index contributed by atoms with van der Waals surface area (Å²) in [6, 6.07) is 8.27. The van der Waals surface area contributed by atoms with Gasteiger partial charge in [-0.05, 0) is 64.3 Å². The molecule has 38 heavy (non-hydrogen) atoms. The molecule has 8 nitrogen and oxygen atoms in total. The summed E-state index contributed by atoms with van der Waals surface area (Å²) in [5, 5.41) is 9.23.